The number of amides is 2. The van der Waals surface area contributed by atoms with Crippen molar-refractivity contribution < 1.29 is 9.59 Å². The van der Waals surface area contributed by atoms with Crippen molar-refractivity contribution in [1.29, 1.82) is 0 Å². The van der Waals surface area contributed by atoms with Crippen LogP contribution in [-0.4, -0.2) is 40.1 Å². The van der Waals surface area contributed by atoms with E-state index in [1.54, 1.807) is 47.1 Å². The Labute approximate surface area is 146 Å². The highest BCUT2D eigenvalue weighted by atomic mass is 35.5. The Morgan fingerprint density at radius 3 is 2.62 bits per heavy atom. The number of benzene rings is 1. The average molecular weight is 349 g/mol. The van der Waals surface area contributed by atoms with E-state index in [4.69, 9.17) is 11.6 Å². The van der Waals surface area contributed by atoms with Gasteiger partial charge in [-0.25, -0.2) is 0 Å². The van der Waals surface area contributed by atoms with E-state index < -0.39 is 0 Å². The van der Waals surface area contributed by atoms with Gasteiger partial charge in [0.2, 0.25) is 5.91 Å². The molecule has 2 aromatic rings. The third kappa shape index (κ3) is 5.38. The molecule has 128 valence electrons. The average Bonchev–Trinajstić information content (AvgIpc) is 2.96. The Morgan fingerprint density at radius 2 is 2.00 bits per heavy atom. The van der Waals surface area contributed by atoms with E-state index in [1.807, 2.05) is 13.2 Å². The van der Waals surface area contributed by atoms with E-state index in [2.05, 4.69) is 10.4 Å². The van der Waals surface area contributed by atoms with Gasteiger partial charge in [-0.05, 0) is 30.7 Å². The number of carbonyl (C=O) groups is 2. The minimum atomic E-state index is -0.164. The Balaban J connectivity index is 1.68. The van der Waals surface area contributed by atoms with Crippen LogP contribution in [0.2, 0.25) is 5.02 Å². The summed E-state index contributed by atoms with van der Waals surface area (Å²) in [5.41, 5.74) is 1.55. The number of hydrogen-bond acceptors (Lipinski definition) is 3. The summed E-state index contributed by atoms with van der Waals surface area (Å²) >= 11 is 5.79. The van der Waals surface area contributed by atoms with Gasteiger partial charge >= 0.3 is 0 Å². The monoisotopic (exact) mass is 348 g/mol. The summed E-state index contributed by atoms with van der Waals surface area (Å²) in [6.45, 7) is 0.984. The van der Waals surface area contributed by atoms with Crippen LogP contribution in [0.3, 0.4) is 0 Å². The zero-order valence-electron chi connectivity index (χ0n) is 13.8. The number of nitrogens with zero attached hydrogens (tertiary/aromatic N) is 3. The van der Waals surface area contributed by atoms with Crippen molar-refractivity contribution in [3.63, 3.8) is 0 Å². The van der Waals surface area contributed by atoms with Crippen molar-refractivity contribution in [2.75, 3.05) is 13.6 Å². The van der Waals surface area contributed by atoms with Crippen LogP contribution < -0.4 is 5.32 Å². The van der Waals surface area contributed by atoms with Crippen molar-refractivity contribution in [3.05, 3.63) is 52.8 Å². The van der Waals surface area contributed by atoms with Gasteiger partial charge in [0.05, 0.1) is 6.20 Å². The predicted octanol–water partition coefficient (Wildman–Crippen LogP) is 2.24. The van der Waals surface area contributed by atoms with Crippen LogP contribution >= 0.6 is 11.6 Å². The molecule has 2 amide bonds. The van der Waals surface area contributed by atoms with Crippen molar-refractivity contribution in [3.8, 4) is 0 Å². The smallest absolute Gasteiger partial charge is 0.251 e. The highest BCUT2D eigenvalue weighted by Crippen LogP contribution is 2.09. The van der Waals surface area contributed by atoms with Crippen LogP contribution in [0, 0.1) is 0 Å². The molecular weight excluding hydrogens is 328 g/mol. The zero-order chi connectivity index (χ0) is 17.5. The quantitative estimate of drug-likeness (QED) is 0.780. The molecule has 24 heavy (non-hydrogen) atoms. The van der Waals surface area contributed by atoms with Gasteiger partial charge in [-0.2, -0.15) is 5.10 Å². The SMILES string of the molecule is CN(Cc1cnn(C)c1)C(=O)CCCNC(=O)c1ccc(Cl)cc1. The van der Waals surface area contributed by atoms with Gasteiger partial charge in [-0.3, -0.25) is 14.3 Å². The van der Waals surface area contributed by atoms with Crippen LogP contribution in [-0.2, 0) is 18.4 Å². The lowest BCUT2D eigenvalue weighted by Crippen LogP contribution is -2.28. The first-order valence-electron chi connectivity index (χ1n) is 7.71. The highest BCUT2D eigenvalue weighted by Gasteiger charge is 2.10. The predicted molar refractivity (Wildman–Crippen MR) is 92.7 cm³/mol. The first-order chi connectivity index (χ1) is 11.5. The lowest BCUT2D eigenvalue weighted by molar-refractivity contribution is -0.130. The third-order valence-electron chi connectivity index (χ3n) is 3.56. The van der Waals surface area contributed by atoms with E-state index in [0.29, 0.717) is 36.5 Å². The van der Waals surface area contributed by atoms with Gasteiger partial charge in [0.1, 0.15) is 0 Å². The molecule has 1 aromatic heterocycles. The third-order valence-corrected chi connectivity index (χ3v) is 3.82. The lowest BCUT2D eigenvalue weighted by atomic mass is 10.2. The molecule has 0 atom stereocenters. The van der Waals surface area contributed by atoms with Gasteiger partial charge in [0, 0.05) is 56.0 Å². The Morgan fingerprint density at radius 1 is 1.29 bits per heavy atom. The molecule has 1 heterocycles. The second-order valence-corrected chi connectivity index (χ2v) is 6.07. The maximum Gasteiger partial charge on any atom is 0.251 e. The molecule has 0 aliphatic rings. The Bertz CT molecular complexity index is 697. The lowest BCUT2D eigenvalue weighted by Gasteiger charge is -2.16. The normalized spacial score (nSPS) is 10.5. The minimum Gasteiger partial charge on any atom is -0.352 e. The number of aryl methyl sites for hydroxylation is 1. The molecule has 6 nitrogen and oxygen atoms in total. The Hall–Kier alpha value is -2.34. The summed E-state index contributed by atoms with van der Waals surface area (Å²) < 4.78 is 1.71. The molecule has 7 heteroatoms. The summed E-state index contributed by atoms with van der Waals surface area (Å²) in [5, 5.41) is 7.47. The van der Waals surface area contributed by atoms with E-state index in [0.717, 1.165) is 5.56 Å². The van der Waals surface area contributed by atoms with Gasteiger partial charge in [0.15, 0.2) is 0 Å². The fraction of sp³-hybridized carbons (Fsp3) is 0.353. The number of aromatic nitrogens is 2. The highest BCUT2D eigenvalue weighted by molar-refractivity contribution is 6.30. The van der Waals surface area contributed by atoms with Crippen LogP contribution in [0.15, 0.2) is 36.7 Å². The van der Waals surface area contributed by atoms with E-state index >= 15 is 0 Å². The molecule has 0 spiro atoms. The first kappa shape index (κ1) is 18.0. The molecule has 1 N–H and O–H groups in total. The van der Waals surface area contributed by atoms with Crippen LogP contribution in [0.4, 0.5) is 0 Å². The molecular formula is C17H21ClN4O2. The first-order valence-corrected chi connectivity index (χ1v) is 8.09. The molecule has 1 aromatic carbocycles. The molecule has 0 unspecified atom stereocenters. The molecule has 0 aliphatic heterocycles. The molecule has 0 bridgehead atoms. The second-order valence-electron chi connectivity index (χ2n) is 5.64. The number of carbonyl (C=O) groups excluding carboxylic acids is 2. The number of nitrogens with one attached hydrogen (secondary N) is 1. The number of hydrogen-bond donors (Lipinski definition) is 1. The molecule has 0 radical (unpaired) electrons. The number of halogens is 1. The zero-order valence-corrected chi connectivity index (χ0v) is 14.6. The largest absolute Gasteiger partial charge is 0.352 e. The molecule has 0 aliphatic carbocycles. The van der Waals surface area contributed by atoms with Crippen molar-refractivity contribution in [2.45, 2.75) is 19.4 Å². The summed E-state index contributed by atoms with van der Waals surface area (Å²) in [5.74, 6) is -0.123. The van der Waals surface area contributed by atoms with E-state index in [1.165, 1.54) is 0 Å². The van der Waals surface area contributed by atoms with E-state index in [-0.39, 0.29) is 11.8 Å². The molecule has 0 saturated carbocycles. The van der Waals surface area contributed by atoms with E-state index in [9.17, 15) is 9.59 Å². The standard InChI is InChI=1S/C17H21ClN4O2/c1-21(11-13-10-20-22(2)12-13)16(23)4-3-9-19-17(24)14-5-7-15(18)8-6-14/h5-8,10,12H,3-4,9,11H2,1-2H3,(H,19,24). The Kier molecular flexibility index (Phi) is 6.37. The minimum absolute atomic E-state index is 0.0413. The molecule has 2 rings (SSSR count). The van der Waals surface area contributed by atoms with Crippen LogP contribution in [0.1, 0.15) is 28.8 Å². The summed E-state index contributed by atoms with van der Waals surface area (Å²) in [7, 11) is 3.61. The summed E-state index contributed by atoms with van der Waals surface area (Å²) in [6, 6.07) is 6.69. The van der Waals surface area contributed by atoms with Crippen molar-refractivity contribution in [1.82, 2.24) is 20.0 Å². The maximum absolute atomic E-state index is 12.1. The van der Waals surface area contributed by atoms with Crippen molar-refractivity contribution in [2.24, 2.45) is 7.05 Å². The molecule has 0 fully saturated rings. The van der Waals surface area contributed by atoms with Gasteiger partial charge in [-0.15, -0.1) is 0 Å². The van der Waals surface area contributed by atoms with Gasteiger partial charge in [-0.1, -0.05) is 11.6 Å². The molecule has 0 saturated heterocycles. The fourth-order valence-corrected chi connectivity index (χ4v) is 2.38. The van der Waals surface area contributed by atoms with Gasteiger partial charge < -0.3 is 10.2 Å². The fourth-order valence-electron chi connectivity index (χ4n) is 2.25. The maximum atomic E-state index is 12.1. The van der Waals surface area contributed by atoms with Crippen LogP contribution in [0.5, 0.6) is 0 Å². The number of rotatable bonds is 7. The van der Waals surface area contributed by atoms with Gasteiger partial charge in [0.25, 0.3) is 5.91 Å². The van der Waals surface area contributed by atoms with Crippen molar-refractivity contribution >= 4 is 23.4 Å². The summed E-state index contributed by atoms with van der Waals surface area (Å²) in [4.78, 5) is 25.7. The second kappa shape index (κ2) is 8.49. The summed E-state index contributed by atoms with van der Waals surface area (Å²) in [6.07, 6.45) is 4.61. The van der Waals surface area contributed by atoms with Crippen LogP contribution in [0.25, 0.3) is 0 Å². The topological polar surface area (TPSA) is 67.2 Å².